The summed E-state index contributed by atoms with van der Waals surface area (Å²) in [7, 11) is 1.80. The molecule has 0 aromatic carbocycles. The molecule has 1 heterocycles. The minimum Gasteiger partial charge on any atom is -0.360 e. The van der Waals surface area contributed by atoms with Crippen molar-refractivity contribution in [1.82, 2.24) is 4.90 Å². The molecule has 0 amide bonds. The first-order valence-electron chi connectivity index (χ1n) is 6.39. The number of halogens is 2. The van der Waals surface area contributed by atoms with E-state index in [2.05, 4.69) is 11.8 Å². The number of hydrogen-bond donors (Lipinski definition) is 2. The quantitative estimate of drug-likeness (QED) is 0.719. The molecule has 0 bridgehead atoms. The van der Waals surface area contributed by atoms with Gasteiger partial charge in [0.2, 0.25) is 0 Å². The lowest BCUT2D eigenvalue weighted by molar-refractivity contribution is 0.368. The van der Waals surface area contributed by atoms with E-state index in [1.54, 1.807) is 24.2 Å². The first-order chi connectivity index (χ1) is 9.52. The van der Waals surface area contributed by atoms with E-state index in [1.807, 2.05) is 0 Å². The molecular weight excluding hydrogens is 260 g/mol. The van der Waals surface area contributed by atoms with Crippen molar-refractivity contribution in [2.75, 3.05) is 13.6 Å². The van der Waals surface area contributed by atoms with Crippen molar-refractivity contribution in [3.05, 3.63) is 46.7 Å². The Bertz CT molecular complexity index is 588. The van der Waals surface area contributed by atoms with Gasteiger partial charge in [0, 0.05) is 31.8 Å². The number of allylic oxidation sites excluding steroid dienone is 6. The molecule has 0 aromatic rings. The molecule has 4 N–H and O–H groups in total. The van der Waals surface area contributed by atoms with Crippen molar-refractivity contribution in [3.8, 4) is 11.8 Å². The summed E-state index contributed by atoms with van der Waals surface area (Å²) in [5.74, 6) is 4.24. The van der Waals surface area contributed by atoms with Gasteiger partial charge in [-0.15, -0.1) is 0 Å². The van der Waals surface area contributed by atoms with Crippen molar-refractivity contribution in [3.63, 3.8) is 0 Å². The van der Waals surface area contributed by atoms with E-state index >= 15 is 0 Å². The monoisotopic (exact) mass is 277 g/mol. The van der Waals surface area contributed by atoms with Gasteiger partial charge in [-0.05, 0) is 24.1 Å². The van der Waals surface area contributed by atoms with Crippen LogP contribution in [0.4, 0.5) is 8.78 Å². The van der Waals surface area contributed by atoms with E-state index in [1.165, 1.54) is 6.08 Å². The summed E-state index contributed by atoms with van der Waals surface area (Å²) in [6, 6.07) is 0. The SMILES string of the molecule is CN1C=C(C#CC2=C(F)CCC=C2F)C=C(CN)C1N. The summed E-state index contributed by atoms with van der Waals surface area (Å²) in [6.45, 7) is 0.315. The van der Waals surface area contributed by atoms with Gasteiger partial charge in [-0.3, -0.25) is 0 Å². The van der Waals surface area contributed by atoms with Gasteiger partial charge in [0.25, 0.3) is 0 Å². The van der Waals surface area contributed by atoms with Crippen molar-refractivity contribution < 1.29 is 8.78 Å². The lowest BCUT2D eigenvalue weighted by Crippen LogP contribution is -2.41. The molecule has 1 aliphatic carbocycles. The van der Waals surface area contributed by atoms with Gasteiger partial charge in [-0.2, -0.15) is 0 Å². The fourth-order valence-corrected chi connectivity index (χ4v) is 2.08. The second-order valence-corrected chi connectivity index (χ2v) is 4.74. The number of nitrogens with zero attached hydrogens (tertiary/aromatic N) is 1. The van der Waals surface area contributed by atoms with Gasteiger partial charge in [0.05, 0.1) is 11.7 Å². The van der Waals surface area contributed by atoms with Crippen LogP contribution in [0.2, 0.25) is 0 Å². The van der Waals surface area contributed by atoms with E-state index in [0.29, 0.717) is 18.5 Å². The van der Waals surface area contributed by atoms with Crippen LogP contribution >= 0.6 is 0 Å². The zero-order valence-electron chi connectivity index (χ0n) is 11.3. The second-order valence-electron chi connectivity index (χ2n) is 4.74. The number of nitrogens with two attached hydrogens (primary N) is 2. The van der Waals surface area contributed by atoms with E-state index in [0.717, 1.165) is 5.57 Å². The van der Waals surface area contributed by atoms with Crippen LogP contribution in [0.3, 0.4) is 0 Å². The topological polar surface area (TPSA) is 55.3 Å². The molecular formula is C15H17F2N3. The van der Waals surface area contributed by atoms with Gasteiger partial charge in [-0.25, -0.2) is 8.78 Å². The van der Waals surface area contributed by atoms with E-state index in [-0.39, 0.29) is 18.2 Å². The van der Waals surface area contributed by atoms with Crippen LogP contribution in [-0.4, -0.2) is 24.7 Å². The zero-order valence-corrected chi connectivity index (χ0v) is 11.3. The molecule has 0 aromatic heterocycles. The van der Waals surface area contributed by atoms with Crippen molar-refractivity contribution in [2.24, 2.45) is 11.5 Å². The average Bonchev–Trinajstić information content (AvgIpc) is 2.42. The first-order valence-corrected chi connectivity index (χ1v) is 6.39. The summed E-state index contributed by atoms with van der Waals surface area (Å²) in [4.78, 5) is 1.77. The Hall–Kier alpha value is -1.90. The largest absolute Gasteiger partial charge is 0.360 e. The Balaban J connectivity index is 2.28. The standard InChI is InChI=1S/C15H17F2N3/c1-20-9-10(7-11(8-18)15(20)19)5-6-12-13(16)3-2-4-14(12)17/h3,7,9,15H,2,4,8,18-19H2,1H3. The van der Waals surface area contributed by atoms with Gasteiger partial charge < -0.3 is 16.4 Å². The van der Waals surface area contributed by atoms with Crippen LogP contribution in [0.1, 0.15) is 12.8 Å². The molecule has 1 aliphatic heterocycles. The number of rotatable bonds is 1. The highest BCUT2D eigenvalue weighted by Crippen LogP contribution is 2.26. The fraction of sp³-hybridized carbons (Fsp3) is 0.333. The highest BCUT2D eigenvalue weighted by molar-refractivity contribution is 5.52. The maximum absolute atomic E-state index is 13.5. The third-order valence-electron chi connectivity index (χ3n) is 3.27. The molecule has 1 unspecified atom stereocenters. The van der Waals surface area contributed by atoms with Gasteiger partial charge >= 0.3 is 0 Å². The van der Waals surface area contributed by atoms with Crippen LogP contribution in [0, 0.1) is 11.8 Å². The highest BCUT2D eigenvalue weighted by atomic mass is 19.1. The minimum atomic E-state index is -0.592. The Morgan fingerprint density at radius 2 is 2.15 bits per heavy atom. The first kappa shape index (κ1) is 14.5. The Morgan fingerprint density at radius 1 is 1.40 bits per heavy atom. The maximum Gasteiger partial charge on any atom is 0.137 e. The molecule has 0 spiro atoms. The van der Waals surface area contributed by atoms with Crippen LogP contribution in [0.5, 0.6) is 0 Å². The Labute approximate surface area is 117 Å². The summed E-state index contributed by atoms with van der Waals surface area (Å²) in [5.41, 5.74) is 12.8. The zero-order chi connectivity index (χ0) is 14.7. The third-order valence-corrected chi connectivity index (χ3v) is 3.27. The summed E-state index contributed by atoms with van der Waals surface area (Å²) < 4.78 is 27.1. The molecule has 3 nitrogen and oxygen atoms in total. The van der Waals surface area contributed by atoms with E-state index in [9.17, 15) is 8.78 Å². The van der Waals surface area contributed by atoms with Crippen LogP contribution in [-0.2, 0) is 0 Å². The summed E-state index contributed by atoms with van der Waals surface area (Å²) in [5, 5.41) is 0. The molecule has 0 radical (unpaired) electrons. The molecule has 2 aliphatic rings. The van der Waals surface area contributed by atoms with Gasteiger partial charge in [0.15, 0.2) is 0 Å². The molecule has 5 heteroatoms. The van der Waals surface area contributed by atoms with Crippen LogP contribution in [0.25, 0.3) is 0 Å². The molecule has 0 saturated heterocycles. The maximum atomic E-state index is 13.5. The molecule has 2 rings (SSSR count). The minimum absolute atomic E-state index is 0.155. The van der Waals surface area contributed by atoms with E-state index in [4.69, 9.17) is 11.5 Å². The number of likely N-dealkylation sites (N-methyl/N-ethyl adjacent to an activating group) is 1. The molecule has 0 saturated carbocycles. The number of hydrogen-bond acceptors (Lipinski definition) is 3. The lowest BCUT2D eigenvalue weighted by atomic mass is 10.0. The van der Waals surface area contributed by atoms with Gasteiger partial charge in [-0.1, -0.05) is 11.8 Å². The Morgan fingerprint density at radius 3 is 2.80 bits per heavy atom. The van der Waals surface area contributed by atoms with Crippen molar-refractivity contribution >= 4 is 0 Å². The van der Waals surface area contributed by atoms with E-state index < -0.39 is 11.7 Å². The molecule has 1 atom stereocenters. The molecule has 20 heavy (non-hydrogen) atoms. The highest BCUT2D eigenvalue weighted by Gasteiger charge is 2.17. The average molecular weight is 277 g/mol. The van der Waals surface area contributed by atoms with Crippen LogP contribution in [0.15, 0.2) is 46.7 Å². The van der Waals surface area contributed by atoms with Crippen molar-refractivity contribution in [2.45, 2.75) is 19.0 Å². The van der Waals surface area contributed by atoms with Crippen LogP contribution < -0.4 is 11.5 Å². The fourth-order valence-electron chi connectivity index (χ4n) is 2.08. The van der Waals surface area contributed by atoms with Crippen molar-refractivity contribution in [1.29, 1.82) is 0 Å². The summed E-state index contributed by atoms with van der Waals surface area (Å²) >= 11 is 0. The van der Waals surface area contributed by atoms with Gasteiger partial charge in [0.1, 0.15) is 11.7 Å². The third kappa shape index (κ3) is 2.98. The smallest absolute Gasteiger partial charge is 0.137 e. The summed E-state index contributed by atoms with van der Waals surface area (Å²) in [6.07, 6.45) is 5.14. The predicted molar refractivity (Wildman–Crippen MR) is 75.3 cm³/mol. The second kappa shape index (κ2) is 6.04. The molecule has 106 valence electrons. The normalized spacial score (nSPS) is 22.8. The predicted octanol–water partition coefficient (Wildman–Crippen LogP) is 1.86. The molecule has 0 fully saturated rings. The lowest BCUT2D eigenvalue weighted by Gasteiger charge is -2.28. The Kier molecular flexibility index (Phi) is 4.38.